The minimum Gasteiger partial charge on any atom is -0.493 e. The van der Waals surface area contributed by atoms with Crippen molar-refractivity contribution in [2.75, 3.05) is 27.9 Å². The molecule has 0 fully saturated rings. The summed E-state index contributed by atoms with van der Waals surface area (Å²) in [5, 5.41) is 3.54. The van der Waals surface area contributed by atoms with Crippen LogP contribution in [0, 0.1) is 0 Å². The quantitative estimate of drug-likeness (QED) is 0.883. The fraction of sp³-hybridized carbons (Fsp3) is 0.368. The standard InChI is InChI=1S/C19H23NO4/c1-21-17-9-8-14(18(22-2)19(17)23-3)11-20-15-10-13-6-4-5-7-16(13)24-12-15/h4-9,15,20H,10-12H2,1-3H3/t15-/m1/s1. The maximum absolute atomic E-state index is 5.82. The van der Waals surface area contributed by atoms with Gasteiger partial charge in [0.1, 0.15) is 12.4 Å². The average Bonchev–Trinajstić information content (AvgIpc) is 2.65. The van der Waals surface area contributed by atoms with Gasteiger partial charge in [-0.25, -0.2) is 0 Å². The predicted octanol–water partition coefficient (Wildman–Crippen LogP) is 2.81. The van der Waals surface area contributed by atoms with Gasteiger partial charge in [0.05, 0.1) is 21.3 Å². The van der Waals surface area contributed by atoms with Crippen LogP contribution in [0.1, 0.15) is 11.1 Å². The number of hydrogen-bond acceptors (Lipinski definition) is 5. The summed E-state index contributed by atoms with van der Waals surface area (Å²) in [4.78, 5) is 0. The van der Waals surface area contributed by atoms with E-state index in [1.54, 1.807) is 21.3 Å². The maximum Gasteiger partial charge on any atom is 0.203 e. The van der Waals surface area contributed by atoms with Crippen LogP contribution in [0.5, 0.6) is 23.0 Å². The highest BCUT2D eigenvalue weighted by atomic mass is 16.5. The van der Waals surface area contributed by atoms with Crippen LogP contribution < -0.4 is 24.3 Å². The molecule has 1 aliphatic rings. The molecule has 0 spiro atoms. The Labute approximate surface area is 142 Å². The van der Waals surface area contributed by atoms with Crippen molar-refractivity contribution in [3.63, 3.8) is 0 Å². The summed E-state index contributed by atoms with van der Waals surface area (Å²) < 4.78 is 22.1. The minimum absolute atomic E-state index is 0.262. The molecule has 5 heteroatoms. The van der Waals surface area contributed by atoms with Gasteiger partial charge < -0.3 is 24.3 Å². The van der Waals surface area contributed by atoms with Crippen molar-refractivity contribution >= 4 is 0 Å². The molecule has 1 heterocycles. The Morgan fingerprint density at radius 1 is 1.00 bits per heavy atom. The van der Waals surface area contributed by atoms with Gasteiger partial charge in [-0.3, -0.25) is 0 Å². The Morgan fingerprint density at radius 3 is 2.54 bits per heavy atom. The van der Waals surface area contributed by atoms with Crippen molar-refractivity contribution in [2.24, 2.45) is 0 Å². The van der Waals surface area contributed by atoms with Crippen LogP contribution in [0.15, 0.2) is 36.4 Å². The number of benzene rings is 2. The number of ether oxygens (including phenoxy) is 4. The lowest BCUT2D eigenvalue weighted by atomic mass is 10.0. The number of fused-ring (bicyclic) bond motifs is 1. The molecule has 1 atom stereocenters. The van der Waals surface area contributed by atoms with E-state index in [0.29, 0.717) is 30.4 Å². The monoisotopic (exact) mass is 329 g/mol. The van der Waals surface area contributed by atoms with Gasteiger partial charge >= 0.3 is 0 Å². The van der Waals surface area contributed by atoms with E-state index >= 15 is 0 Å². The number of hydrogen-bond donors (Lipinski definition) is 1. The third kappa shape index (κ3) is 3.26. The topological polar surface area (TPSA) is 49.0 Å². The summed E-state index contributed by atoms with van der Waals surface area (Å²) in [6.07, 6.45) is 0.950. The summed E-state index contributed by atoms with van der Waals surface area (Å²) in [5.41, 5.74) is 2.26. The van der Waals surface area contributed by atoms with Gasteiger partial charge in [0.15, 0.2) is 11.5 Å². The largest absolute Gasteiger partial charge is 0.493 e. The summed E-state index contributed by atoms with van der Waals surface area (Å²) in [7, 11) is 4.87. The summed E-state index contributed by atoms with van der Waals surface area (Å²) >= 11 is 0. The molecule has 0 radical (unpaired) electrons. The Kier molecular flexibility index (Phi) is 5.11. The lowest BCUT2D eigenvalue weighted by molar-refractivity contribution is 0.237. The molecule has 0 bridgehead atoms. The van der Waals surface area contributed by atoms with E-state index in [1.165, 1.54) is 5.56 Å². The average molecular weight is 329 g/mol. The van der Waals surface area contributed by atoms with E-state index in [4.69, 9.17) is 18.9 Å². The van der Waals surface area contributed by atoms with Crippen LogP contribution in [-0.2, 0) is 13.0 Å². The van der Waals surface area contributed by atoms with E-state index < -0.39 is 0 Å². The zero-order chi connectivity index (χ0) is 16.9. The molecule has 0 amide bonds. The molecule has 5 nitrogen and oxygen atoms in total. The van der Waals surface area contributed by atoms with Crippen molar-refractivity contribution in [2.45, 2.75) is 19.0 Å². The first-order valence-corrected chi connectivity index (χ1v) is 7.98. The van der Waals surface area contributed by atoms with E-state index in [2.05, 4.69) is 11.4 Å². The number of methoxy groups -OCH3 is 3. The Hall–Kier alpha value is -2.40. The Bertz CT molecular complexity index is 702. The summed E-state index contributed by atoms with van der Waals surface area (Å²) in [6.45, 7) is 1.33. The van der Waals surface area contributed by atoms with Gasteiger partial charge in [-0.2, -0.15) is 0 Å². The van der Waals surface area contributed by atoms with Crippen LogP contribution in [0.2, 0.25) is 0 Å². The van der Waals surface area contributed by atoms with Crippen molar-refractivity contribution in [3.05, 3.63) is 47.5 Å². The second-order valence-electron chi connectivity index (χ2n) is 5.69. The molecule has 1 aliphatic heterocycles. The predicted molar refractivity (Wildman–Crippen MR) is 92.4 cm³/mol. The summed E-state index contributed by atoms with van der Waals surface area (Å²) in [5.74, 6) is 2.96. The normalized spacial score (nSPS) is 16.0. The maximum atomic E-state index is 5.82. The van der Waals surface area contributed by atoms with Crippen LogP contribution >= 0.6 is 0 Å². The SMILES string of the molecule is COc1ccc(CN[C@H]2COc3ccccc3C2)c(OC)c1OC. The third-order valence-electron chi connectivity index (χ3n) is 4.25. The van der Waals surface area contributed by atoms with Gasteiger partial charge in [-0.05, 0) is 24.1 Å². The Morgan fingerprint density at radius 2 is 1.79 bits per heavy atom. The molecular weight excluding hydrogens is 306 g/mol. The van der Waals surface area contributed by atoms with E-state index in [1.807, 2.05) is 30.3 Å². The number of rotatable bonds is 6. The van der Waals surface area contributed by atoms with Crippen LogP contribution in [0.4, 0.5) is 0 Å². The van der Waals surface area contributed by atoms with Gasteiger partial charge in [-0.15, -0.1) is 0 Å². The molecule has 1 N–H and O–H groups in total. The van der Waals surface area contributed by atoms with E-state index in [0.717, 1.165) is 17.7 Å². The molecular formula is C19H23NO4. The van der Waals surface area contributed by atoms with Crippen molar-refractivity contribution in [3.8, 4) is 23.0 Å². The Balaban J connectivity index is 1.71. The van der Waals surface area contributed by atoms with Gasteiger partial charge in [0.2, 0.25) is 5.75 Å². The highest BCUT2D eigenvalue weighted by molar-refractivity contribution is 5.55. The van der Waals surface area contributed by atoms with E-state index in [-0.39, 0.29) is 6.04 Å². The van der Waals surface area contributed by atoms with Crippen LogP contribution in [0.3, 0.4) is 0 Å². The van der Waals surface area contributed by atoms with Crippen molar-refractivity contribution < 1.29 is 18.9 Å². The number of para-hydroxylation sites is 1. The van der Waals surface area contributed by atoms with Crippen molar-refractivity contribution in [1.82, 2.24) is 5.32 Å². The molecule has 0 aromatic heterocycles. The lowest BCUT2D eigenvalue weighted by Crippen LogP contribution is -2.38. The molecule has 3 rings (SSSR count). The fourth-order valence-electron chi connectivity index (χ4n) is 3.02. The highest BCUT2D eigenvalue weighted by Gasteiger charge is 2.21. The van der Waals surface area contributed by atoms with Crippen LogP contribution in [-0.4, -0.2) is 34.0 Å². The molecule has 0 aliphatic carbocycles. The first-order chi connectivity index (χ1) is 11.8. The third-order valence-corrected chi connectivity index (χ3v) is 4.25. The molecule has 2 aromatic carbocycles. The zero-order valence-electron chi connectivity index (χ0n) is 14.3. The zero-order valence-corrected chi connectivity index (χ0v) is 14.3. The first kappa shape index (κ1) is 16.5. The van der Waals surface area contributed by atoms with Crippen molar-refractivity contribution in [1.29, 1.82) is 0 Å². The van der Waals surface area contributed by atoms with Crippen LogP contribution in [0.25, 0.3) is 0 Å². The second-order valence-corrected chi connectivity index (χ2v) is 5.69. The minimum atomic E-state index is 0.262. The number of nitrogens with one attached hydrogen (secondary N) is 1. The molecule has 0 unspecified atom stereocenters. The van der Waals surface area contributed by atoms with Gasteiger partial charge in [0, 0.05) is 18.2 Å². The highest BCUT2D eigenvalue weighted by Crippen LogP contribution is 2.39. The smallest absolute Gasteiger partial charge is 0.203 e. The lowest BCUT2D eigenvalue weighted by Gasteiger charge is -2.26. The molecule has 24 heavy (non-hydrogen) atoms. The summed E-state index contributed by atoms with van der Waals surface area (Å²) in [6, 6.07) is 12.3. The molecule has 128 valence electrons. The van der Waals surface area contributed by atoms with Gasteiger partial charge in [-0.1, -0.05) is 24.3 Å². The second kappa shape index (κ2) is 7.45. The first-order valence-electron chi connectivity index (χ1n) is 7.98. The molecule has 2 aromatic rings. The van der Waals surface area contributed by atoms with Gasteiger partial charge in [0.25, 0.3) is 0 Å². The molecule has 0 saturated carbocycles. The van der Waals surface area contributed by atoms with E-state index in [9.17, 15) is 0 Å². The molecule has 0 saturated heterocycles. The fourth-order valence-corrected chi connectivity index (χ4v) is 3.02.